The molecule has 0 fully saturated rings. The molecule has 11 nitrogen and oxygen atoms in total. The van der Waals surface area contributed by atoms with Gasteiger partial charge in [-0.2, -0.15) is 13.4 Å². The Morgan fingerprint density at radius 1 is 1.09 bits per heavy atom. The van der Waals surface area contributed by atoms with E-state index in [1.54, 1.807) is 19.2 Å². The number of carbonyl (C=O) groups is 1. The van der Waals surface area contributed by atoms with Crippen LogP contribution in [0.1, 0.15) is 29.9 Å². The Morgan fingerprint density at radius 2 is 1.85 bits per heavy atom. The van der Waals surface area contributed by atoms with Crippen LogP contribution in [0.3, 0.4) is 0 Å². The minimum atomic E-state index is -4.02. The first-order valence-electron chi connectivity index (χ1n) is 15.0. The van der Waals surface area contributed by atoms with E-state index in [9.17, 15) is 13.2 Å². The van der Waals surface area contributed by atoms with Crippen LogP contribution < -0.4 is 9.64 Å². The van der Waals surface area contributed by atoms with Crippen molar-refractivity contribution in [3.8, 4) is 17.3 Å². The lowest BCUT2D eigenvalue weighted by molar-refractivity contribution is -0.118. The number of nitrogens with zero attached hydrogens (tertiary/aromatic N) is 4. The summed E-state index contributed by atoms with van der Waals surface area (Å²) in [6.45, 7) is 3.50. The van der Waals surface area contributed by atoms with Gasteiger partial charge in [-0.25, -0.2) is 0 Å². The van der Waals surface area contributed by atoms with Crippen molar-refractivity contribution in [2.75, 3.05) is 39.2 Å². The predicted octanol–water partition coefficient (Wildman–Crippen LogP) is 5.82. The average molecular weight is 647 g/mol. The van der Waals surface area contributed by atoms with E-state index < -0.39 is 10.1 Å². The summed E-state index contributed by atoms with van der Waals surface area (Å²) in [4.78, 5) is 21.9. The van der Waals surface area contributed by atoms with Crippen molar-refractivity contribution in [2.24, 2.45) is 5.92 Å². The number of fused-ring (bicyclic) bond motifs is 2. The van der Waals surface area contributed by atoms with Gasteiger partial charge in [0.1, 0.15) is 11.3 Å². The van der Waals surface area contributed by atoms with E-state index in [1.165, 1.54) is 17.7 Å². The number of carbonyl (C=O) groups excluding carboxylic acids is 1. The zero-order chi connectivity index (χ0) is 32.8. The highest BCUT2D eigenvalue weighted by molar-refractivity contribution is 7.85. The molecule has 1 unspecified atom stereocenters. The lowest BCUT2D eigenvalue weighted by Gasteiger charge is -2.23. The van der Waals surface area contributed by atoms with Crippen molar-refractivity contribution in [1.29, 1.82) is 0 Å². The Balaban J connectivity index is 0.000000322. The molecule has 242 valence electrons. The van der Waals surface area contributed by atoms with E-state index in [1.807, 2.05) is 54.3 Å². The fraction of sp³-hybridized carbons (Fsp3) is 0.324. The molecular weight excluding hydrogens is 608 g/mol. The molecule has 1 aliphatic rings. The summed E-state index contributed by atoms with van der Waals surface area (Å²) in [6.07, 6.45) is 2.52. The van der Waals surface area contributed by atoms with Crippen molar-refractivity contribution >= 4 is 32.7 Å². The largest absolute Gasteiger partial charge is 0.497 e. The van der Waals surface area contributed by atoms with Crippen LogP contribution in [0.25, 0.3) is 22.6 Å². The number of para-hydroxylation sites is 1. The number of hydrogen-bond acceptors (Lipinski definition) is 9. The third-order valence-corrected chi connectivity index (χ3v) is 8.63. The van der Waals surface area contributed by atoms with E-state index in [-0.39, 0.29) is 17.2 Å². The molecule has 1 atom stereocenters. The highest BCUT2D eigenvalue weighted by Gasteiger charge is 2.27. The minimum Gasteiger partial charge on any atom is -0.497 e. The second-order valence-electron chi connectivity index (χ2n) is 11.6. The standard InChI is InChI=1S/C27H30N4O4.C7H8O3S/c1-30(2)17-18-12-13-31(22-16-21(33-3)9-8-19(22)14-18)26(32)11-10-25-28-27(29-35-25)24-15-20-6-4-5-7-23(20)34-24;1-6-2-4-7(5-3-6)11(8,9)10/h4-9,15-16,18H,10-14,17H2,1-3H3;2-5H,1H3,(H,8,9,10). The molecule has 1 amide bonds. The average Bonchev–Trinajstić information content (AvgIpc) is 3.63. The van der Waals surface area contributed by atoms with Gasteiger partial charge in [0.25, 0.3) is 10.1 Å². The fourth-order valence-corrected chi connectivity index (χ4v) is 5.96. The van der Waals surface area contributed by atoms with Crippen molar-refractivity contribution in [1.82, 2.24) is 15.0 Å². The number of amides is 1. The molecule has 0 radical (unpaired) electrons. The predicted molar refractivity (Wildman–Crippen MR) is 175 cm³/mol. The summed E-state index contributed by atoms with van der Waals surface area (Å²) in [5, 5.41) is 5.04. The van der Waals surface area contributed by atoms with Gasteiger partial charge in [0.05, 0.1) is 17.7 Å². The molecule has 2 aromatic heterocycles. The van der Waals surface area contributed by atoms with Crippen LogP contribution in [-0.4, -0.2) is 68.2 Å². The first-order valence-corrected chi connectivity index (χ1v) is 16.4. The van der Waals surface area contributed by atoms with Crippen molar-refractivity contribution < 1.29 is 31.4 Å². The molecule has 5 aromatic rings. The van der Waals surface area contributed by atoms with E-state index in [2.05, 4.69) is 35.2 Å². The minimum absolute atomic E-state index is 0.0356. The third-order valence-electron chi connectivity index (χ3n) is 7.76. The Hall–Kier alpha value is -4.52. The Labute approximate surface area is 268 Å². The van der Waals surface area contributed by atoms with Gasteiger partial charge < -0.3 is 23.5 Å². The highest BCUT2D eigenvalue weighted by Crippen LogP contribution is 2.33. The molecule has 0 aliphatic carbocycles. The summed E-state index contributed by atoms with van der Waals surface area (Å²) in [7, 11) is 1.81. The van der Waals surface area contributed by atoms with E-state index >= 15 is 0 Å². The van der Waals surface area contributed by atoms with Crippen LogP contribution in [0.2, 0.25) is 0 Å². The molecule has 12 heteroatoms. The number of rotatable bonds is 8. The molecule has 0 spiro atoms. The number of anilines is 1. The molecule has 0 bridgehead atoms. The van der Waals surface area contributed by atoms with Gasteiger partial charge >= 0.3 is 0 Å². The molecular formula is C34H38N4O7S. The van der Waals surface area contributed by atoms with E-state index in [0.29, 0.717) is 36.4 Å². The first kappa shape index (κ1) is 32.9. The maximum Gasteiger partial charge on any atom is 0.294 e. The van der Waals surface area contributed by atoms with Crippen LogP contribution in [0.5, 0.6) is 5.75 Å². The topological polar surface area (TPSA) is 139 Å². The molecule has 3 heterocycles. The Kier molecular flexibility index (Phi) is 10.2. The van der Waals surface area contributed by atoms with Gasteiger partial charge in [0.15, 0.2) is 5.76 Å². The molecule has 46 heavy (non-hydrogen) atoms. The second kappa shape index (κ2) is 14.3. The monoisotopic (exact) mass is 646 g/mol. The lowest BCUT2D eigenvalue weighted by atomic mass is 9.96. The molecule has 0 saturated heterocycles. The summed E-state index contributed by atoms with van der Waals surface area (Å²) in [5.41, 5.74) is 3.84. The maximum atomic E-state index is 13.4. The van der Waals surface area contributed by atoms with E-state index in [0.717, 1.165) is 47.4 Å². The van der Waals surface area contributed by atoms with Crippen LogP contribution in [0.4, 0.5) is 5.69 Å². The number of aryl methyl sites for hydroxylation is 2. The first-order chi connectivity index (χ1) is 22.0. The molecule has 1 aliphatic heterocycles. The van der Waals surface area contributed by atoms with Crippen molar-refractivity contribution in [3.05, 3.63) is 89.8 Å². The Bertz CT molecular complexity index is 1870. The van der Waals surface area contributed by atoms with Crippen molar-refractivity contribution in [2.45, 2.75) is 37.5 Å². The van der Waals surface area contributed by atoms with Gasteiger partial charge in [0, 0.05) is 37.4 Å². The van der Waals surface area contributed by atoms with E-state index in [4.69, 9.17) is 18.2 Å². The third kappa shape index (κ3) is 8.19. The van der Waals surface area contributed by atoms with Crippen LogP contribution in [-0.2, 0) is 27.8 Å². The SMILES string of the molecule is COc1ccc2c(c1)N(C(=O)CCc1nc(-c3cc4ccccc4o3)no1)CCC(CN(C)C)C2.Cc1ccc(S(=O)(=O)O)cc1. The summed E-state index contributed by atoms with van der Waals surface area (Å²) in [5.74, 6) is 2.62. The number of aromatic nitrogens is 2. The van der Waals surface area contributed by atoms with Gasteiger partial charge in [-0.3, -0.25) is 9.35 Å². The molecule has 3 aromatic carbocycles. The molecule has 1 N–H and O–H groups in total. The van der Waals surface area contributed by atoms with Crippen molar-refractivity contribution in [3.63, 3.8) is 0 Å². The number of ether oxygens (including phenoxy) is 1. The Morgan fingerprint density at radius 3 is 2.54 bits per heavy atom. The fourth-order valence-electron chi connectivity index (χ4n) is 5.48. The smallest absolute Gasteiger partial charge is 0.294 e. The lowest BCUT2D eigenvalue weighted by Crippen LogP contribution is -2.33. The van der Waals surface area contributed by atoms with Gasteiger partial charge in [-0.1, -0.05) is 47.1 Å². The summed E-state index contributed by atoms with van der Waals surface area (Å²) in [6, 6.07) is 21.6. The highest BCUT2D eigenvalue weighted by atomic mass is 32.2. The molecule has 0 saturated carbocycles. The quantitative estimate of drug-likeness (QED) is 0.205. The number of methoxy groups -OCH3 is 1. The summed E-state index contributed by atoms with van der Waals surface area (Å²) >= 11 is 0. The van der Waals surface area contributed by atoms with Gasteiger partial charge in [-0.15, -0.1) is 0 Å². The zero-order valence-corrected chi connectivity index (χ0v) is 27.2. The second-order valence-corrected chi connectivity index (χ2v) is 13.0. The van der Waals surface area contributed by atoms with Crippen LogP contribution >= 0.6 is 0 Å². The number of benzene rings is 3. The normalized spacial score (nSPS) is 14.8. The number of furan rings is 1. The van der Waals surface area contributed by atoms with Gasteiger partial charge in [0.2, 0.25) is 17.6 Å². The zero-order valence-electron chi connectivity index (χ0n) is 26.3. The van der Waals surface area contributed by atoms with Gasteiger partial charge in [-0.05, 0) is 75.7 Å². The maximum absolute atomic E-state index is 13.4. The summed E-state index contributed by atoms with van der Waals surface area (Å²) < 4.78 is 46.3. The van der Waals surface area contributed by atoms with Crippen LogP contribution in [0, 0.1) is 12.8 Å². The molecule has 6 rings (SSSR count). The number of hydrogen-bond donors (Lipinski definition) is 1. The van der Waals surface area contributed by atoms with Crippen LogP contribution in [0.15, 0.2) is 86.6 Å².